The minimum atomic E-state index is 1.01. The van der Waals surface area contributed by atoms with Gasteiger partial charge in [-0.25, -0.2) is 0 Å². The van der Waals surface area contributed by atoms with Gasteiger partial charge in [0.2, 0.25) is 0 Å². The average molecular weight is 96.2 g/mol. The van der Waals surface area contributed by atoms with Crippen LogP contribution in [0.2, 0.25) is 0 Å². The molecule has 0 saturated carbocycles. The van der Waals surface area contributed by atoms with Crippen LogP contribution in [0.25, 0.3) is 0 Å². The first kappa shape index (κ1) is 4.69. The van der Waals surface area contributed by atoms with Gasteiger partial charge >= 0.3 is 0 Å². The van der Waals surface area contributed by atoms with E-state index < -0.39 is 0 Å². The van der Waals surface area contributed by atoms with Crippen LogP contribution >= 0.6 is 0 Å². The Morgan fingerprint density at radius 1 is 1.43 bits per heavy atom. The van der Waals surface area contributed by atoms with Crippen LogP contribution in [0, 0.1) is 0 Å². The summed E-state index contributed by atoms with van der Waals surface area (Å²) in [6.45, 7) is 4.76. The lowest BCUT2D eigenvalue weighted by molar-refractivity contribution is 0.582. The quantitative estimate of drug-likeness (QED) is 0.431. The van der Waals surface area contributed by atoms with E-state index in [2.05, 4.69) is 11.9 Å². The summed E-state index contributed by atoms with van der Waals surface area (Å²) in [5.41, 5.74) is 1.09. The van der Waals surface area contributed by atoms with Crippen molar-refractivity contribution in [2.45, 2.75) is 19.3 Å². The van der Waals surface area contributed by atoms with E-state index >= 15 is 0 Å². The molecule has 1 heterocycles. The molecule has 0 atom stereocenters. The van der Waals surface area contributed by atoms with Gasteiger partial charge in [-0.2, -0.15) is 0 Å². The van der Waals surface area contributed by atoms with Crippen LogP contribution in [-0.2, 0) is 0 Å². The number of hydrogen-bond acceptors (Lipinski definition) is 0. The van der Waals surface area contributed by atoms with E-state index in [1.165, 1.54) is 12.8 Å². The van der Waals surface area contributed by atoms with Gasteiger partial charge in [-0.15, -0.1) is 0 Å². The van der Waals surface area contributed by atoms with Crippen LogP contribution in [-0.4, -0.2) is 6.54 Å². The number of rotatable bonds is 0. The monoisotopic (exact) mass is 96.1 g/mol. The van der Waals surface area contributed by atoms with Crippen molar-refractivity contribution in [3.05, 3.63) is 12.3 Å². The molecule has 7 heavy (non-hydrogen) atoms. The van der Waals surface area contributed by atoms with Gasteiger partial charge in [0, 0.05) is 12.2 Å². The highest BCUT2D eigenvalue weighted by molar-refractivity contribution is 4.92. The Hall–Kier alpha value is -0.460. The molecule has 0 N–H and O–H groups in total. The summed E-state index contributed by atoms with van der Waals surface area (Å²) >= 11 is 0. The third-order valence-electron chi connectivity index (χ3n) is 1.21. The Bertz CT molecular complexity index is 68.2. The summed E-state index contributed by atoms with van der Waals surface area (Å²) in [6.07, 6.45) is 3.68. The second-order valence-corrected chi connectivity index (χ2v) is 1.91. The van der Waals surface area contributed by atoms with Gasteiger partial charge < -0.3 is 0 Å². The van der Waals surface area contributed by atoms with Crippen LogP contribution in [0.15, 0.2) is 12.3 Å². The number of hydrogen-bond donors (Lipinski definition) is 0. The first-order valence-corrected chi connectivity index (χ1v) is 2.75. The van der Waals surface area contributed by atoms with Crippen molar-refractivity contribution in [1.29, 1.82) is 0 Å². The summed E-state index contributed by atoms with van der Waals surface area (Å²) in [7, 11) is 0. The van der Waals surface area contributed by atoms with Crippen molar-refractivity contribution in [1.82, 2.24) is 5.32 Å². The van der Waals surface area contributed by atoms with Gasteiger partial charge in [-0.05, 0) is 19.3 Å². The molecule has 0 unspecified atom stereocenters. The number of allylic oxidation sites excluding steroid dienone is 1. The Balaban J connectivity index is 2.25. The Labute approximate surface area is 44.4 Å². The summed E-state index contributed by atoms with van der Waals surface area (Å²) < 4.78 is 0. The molecule has 39 valence electrons. The van der Waals surface area contributed by atoms with Crippen LogP contribution < -0.4 is 5.32 Å². The van der Waals surface area contributed by atoms with E-state index in [1.54, 1.807) is 0 Å². The summed E-state index contributed by atoms with van der Waals surface area (Å²) in [5, 5.41) is 4.14. The molecule has 1 rings (SSSR count). The zero-order chi connectivity index (χ0) is 5.11. The first-order chi connectivity index (χ1) is 3.39. The number of nitrogens with zero attached hydrogens (tertiary/aromatic N) is 1. The van der Waals surface area contributed by atoms with E-state index in [0.29, 0.717) is 0 Å². The highest BCUT2D eigenvalue weighted by Crippen LogP contribution is 2.08. The van der Waals surface area contributed by atoms with Gasteiger partial charge in [0.05, 0.1) is 0 Å². The maximum Gasteiger partial charge on any atom is 0.0392 e. The molecule has 0 aromatic heterocycles. The van der Waals surface area contributed by atoms with Gasteiger partial charge in [0.25, 0.3) is 0 Å². The minimum Gasteiger partial charge on any atom is -0.290 e. The lowest BCUT2D eigenvalue weighted by atomic mass is 10.1. The maximum absolute atomic E-state index is 4.14. The zero-order valence-corrected chi connectivity index (χ0v) is 4.48. The molecule has 1 nitrogen and oxygen atoms in total. The fraction of sp³-hybridized carbons (Fsp3) is 0.667. The predicted molar refractivity (Wildman–Crippen MR) is 30.0 cm³/mol. The predicted octanol–water partition coefficient (Wildman–Crippen LogP) is 1.29. The molecule has 1 saturated heterocycles. The topological polar surface area (TPSA) is 14.1 Å². The Morgan fingerprint density at radius 3 is 2.57 bits per heavy atom. The third-order valence-corrected chi connectivity index (χ3v) is 1.21. The van der Waals surface area contributed by atoms with Crippen molar-refractivity contribution in [3.63, 3.8) is 0 Å². The van der Waals surface area contributed by atoms with Crippen LogP contribution in [0.5, 0.6) is 0 Å². The normalized spacial score (nSPS) is 21.4. The highest BCUT2D eigenvalue weighted by Gasteiger charge is 2.00. The van der Waals surface area contributed by atoms with E-state index in [1.807, 2.05) is 0 Å². The highest BCUT2D eigenvalue weighted by atomic mass is 14.9. The lowest BCUT2D eigenvalue weighted by Gasteiger charge is -2.10. The molecule has 1 aliphatic heterocycles. The van der Waals surface area contributed by atoms with E-state index in [-0.39, 0.29) is 0 Å². The maximum atomic E-state index is 4.14. The molecular formula is C6H10N. The van der Waals surface area contributed by atoms with E-state index in [4.69, 9.17) is 0 Å². The fourth-order valence-electron chi connectivity index (χ4n) is 0.757. The SMILES string of the molecule is C=C1CCCC[N]1. The Morgan fingerprint density at radius 2 is 2.29 bits per heavy atom. The summed E-state index contributed by atoms with van der Waals surface area (Å²) in [5.74, 6) is 0. The lowest BCUT2D eigenvalue weighted by Crippen LogP contribution is -2.10. The fourth-order valence-corrected chi connectivity index (χ4v) is 0.757. The molecule has 1 radical (unpaired) electrons. The average Bonchev–Trinajstić information content (AvgIpc) is 1.69. The van der Waals surface area contributed by atoms with Crippen molar-refractivity contribution in [3.8, 4) is 0 Å². The van der Waals surface area contributed by atoms with Crippen molar-refractivity contribution < 1.29 is 0 Å². The second kappa shape index (κ2) is 2.01. The molecule has 0 aliphatic carbocycles. The largest absolute Gasteiger partial charge is 0.290 e. The van der Waals surface area contributed by atoms with Crippen LogP contribution in [0.1, 0.15) is 19.3 Å². The molecule has 1 aliphatic rings. The van der Waals surface area contributed by atoms with Crippen molar-refractivity contribution in [2.24, 2.45) is 0 Å². The molecule has 0 spiro atoms. The molecule has 0 aromatic rings. The molecule has 0 bridgehead atoms. The van der Waals surface area contributed by atoms with Gasteiger partial charge in [0.1, 0.15) is 0 Å². The second-order valence-electron chi connectivity index (χ2n) is 1.91. The van der Waals surface area contributed by atoms with Crippen molar-refractivity contribution >= 4 is 0 Å². The van der Waals surface area contributed by atoms with Crippen molar-refractivity contribution in [2.75, 3.05) is 6.54 Å². The van der Waals surface area contributed by atoms with Gasteiger partial charge in [0.15, 0.2) is 0 Å². The smallest absolute Gasteiger partial charge is 0.0392 e. The third kappa shape index (κ3) is 1.22. The van der Waals surface area contributed by atoms with E-state index in [0.717, 1.165) is 18.7 Å². The minimum absolute atomic E-state index is 1.01. The Kier molecular flexibility index (Phi) is 1.35. The van der Waals surface area contributed by atoms with Crippen LogP contribution in [0.3, 0.4) is 0 Å². The molecule has 0 aromatic carbocycles. The summed E-state index contributed by atoms with van der Waals surface area (Å²) in [4.78, 5) is 0. The summed E-state index contributed by atoms with van der Waals surface area (Å²) in [6, 6.07) is 0. The van der Waals surface area contributed by atoms with Gasteiger partial charge in [-0.1, -0.05) is 6.58 Å². The number of piperidine rings is 1. The molecular weight excluding hydrogens is 86.1 g/mol. The first-order valence-electron chi connectivity index (χ1n) is 2.75. The molecule has 1 fully saturated rings. The molecule has 0 amide bonds. The molecule has 1 heteroatoms. The zero-order valence-electron chi connectivity index (χ0n) is 4.48. The standard InChI is InChI=1S/C6H10N/c1-6-4-2-3-5-7-6/h1-5H2. The van der Waals surface area contributed by atoms with Crippen LogP contribution in [0.4, 0.5) is 0 Å². The van der Waals surface area contributed by atoms with E-state index in [9.17, 15) is 0 Å². The van der Waals surface area contributed by atoms with Gasteiger partial charge in [-0.3, -0.25) is 5.32 Å².